The number of pyridine rings is 1. The quantitative estimate of drug-likeness (QED) is 0.510. The predicted molar refractivity (Wildman–Crippen MR) is 76.8 cm³/mol. The van der Waals surface area contributed by atoms with Crippen molar-refractivity contribution in [2.45, 2.75) is 64.4 Å². The van der Waals surface area contributed by atoms with Crippen LogP contribution in [0.25, 0.3) is 0 Å². The Morgan fingerprint density at radius 3 is 2.39 bits per heavy atom. The maximum atomic E-state index is 9.97. The molecule has 1 atom stereocenters. The molecule has 0 saturated carbocycles. The van der Waals surface area contributed by atoms with Crippen LogP contribution in [0.4, 0.5) is 0 Å². The fourth-order valence-electron chi connectivity index (χ4n) is 2.05. The van der Waals surface area contributed by atoms with Crippen LogP contribution in [0.3, 0.4) is 0 Å². The van der Waals surface area contributed by atoms with Gasteiger partial charge in [-0.05, 0) is 18.1 Å². The van der Waals surface area contributed by atoms with E-state index >= 15 is 0 Å². The molecule has 0 aliphatic carbocycles. The zero-order chi connectivity index (χ0) is 13.2. The Hall–Kier alpha value is -0.600. The van der Waals surface area contributed by atoms with Crippen LogP contribution in [0.1, 0.15) is 70.0 Å². The molecule has 1 unspecified atom stereocenters. The number of aliphatic hydroxyl groups excluding tert-OH is 1. The lowest BCUT2D eigenvalue weighted by Gasteiger charge is -2.10. The largest absolute Gasteiger partial charge is 0.388 e. The van der Waals surface area contributed by atoms with Gasteiger partial charge in [-0.25, -0.2) is 4.98 Å². The highest BCUT2D eigenvalue weighted by Gasteiger charge is 2.07. The Bertz CT molecular complexity index is 313. The van der Waals surface area contributed by atoms with Crippen molar-refractivity contribution < 1.29 is 5.11 Å². The predicted octanol–water partition coefficient (Wildman–Crippen LogP) is 4.91. The molecule has 3 heteroatoms. The van der Waals surface area contributed by atoms with Gasteiger partial charge in [0.25, 0.3) is 0 Å². The van der Waals surface area contributed by atoms with Crippen molar-refractivity contribution in [1.29, 1.82) is 0 Å². The summed E-state index contributed by atoms with van der Waals surface area (Å²) in [5.74, 6) is 0. The number of aliphatic hydroxyl groups is 1. The van der Waals surface area contributed by atoms with Gasteiger partial charge in [-0.1, -0.05) is 69.5 Å². The number of hydrogen-bond acceptors (Lipinski definition) is 2. The SMILES string of the molecule is CCCCCCCCCC(O)c1ccc(Cl)nc1. The van der Waals surface area contributed by atoms with Gasteiger partial charge < -0.3 is 5.11 Å². The van der Waals surface area contributed by atoms with Crippen molar-refractivity contribution in [2.24, 2.45) is 0 Å². The summed E-state index contributed by atoms with van der Waals surface area (Å²) in [5.41, 5.74) is 0.866. The molecular formula is C15H24ClNO. The van der Waals surface area contributed by atoms with Gasteiger partial charge in [-0.3, -0.25) is 0 Å². The number of halogens is 1. The van der Waals surface area contributed by atoms with Gasteiger partial charge in [0.05, 0.1) is 6.10 Å². The van der Waals surface area contributed by atoms with Crippen LogP contribution in [-0.4, -0.2) is 10.1 Å². The fourth-order valence-corrected chi connectivity index (χ4v) is 2.16. The Balaban J connectivity index is 2.10. The second-order valence-corrected chi connectivity index (χ2v) is 5.23. The molecule has 1 aromatic rings. The highest BCUT2D eigenvalue weighted by atomic mass is 35.5. The Labute approximate surface area is 115 Å². The normalized spacial score (nSPS) is 12.6. The minimum atomic E-state index is -0.398. The van der Waals surface area contributed by atoms with Crippen LogP contribution < -0.4 is 0 Å². The minimum absolute atomic E-state index is 0.398. The van der Waals surface area contributed by atoms with E-state index in [-0.39, 0.29) is 0 Å². The molecule has 1 N–H and O–H groups in total. The van der Waals surface area contributed by atoms with Crippen molar-refractivity contribution in [2.75, 3.05) is 0 Å². The molecule has 0 fully saturated rings. The van der Waals surface area contributed by atoms with Crippen molar-refractivity contribution in [1.82, 2.24) is 4.98 Å². The average Bonchev–Trinajstić information content (AvgIpc) is 2.38. The van der Waals surface area contributed by atoms with Gasteiger partial charge in [0.15, 0.2) is 0 Å². The van der Waals surface area contributed by atoms with Crippen molar-refractivity contribution in [3.05, 3.63) is 29.0 Å². The molecule has 0 spiro atoms. The molecule has 2 nitrogen and oxygen atoms in total. The standard InChI is InChI=1S/C15H24ClNO/c1-2-3-4-5-6-7-8-9-14(18)13-10-11-15(16)17-12-13/h10-12,14,18H,2-9H2,1H3. The number of nitrogens with zero attached hydrogens (tertiary/aromatic N) is 1. The Morgan fingerprint density at radius 2 is 1.78 bits per heavy atom. The molecular weight excluding hydrogens is 246 g/mol. The maximum Gasteiger partial charge on any atom is 0.129 e. The smallest absolute Gasteiger partial charge is 0.129 e. The highest BCUT2D eigenvalue weighted by molar-refractivity contribution is 6.29. The molecule has 0 aromatic carbocycles. The first-order valence-corrected chi connectivity index (χ1v) is 7.41. The summed E-state index contributed by atoms with van der Waals surface area (Å²) >= 11 is 5.71. The van der Waals surface area contributed by atoms with Crippen LogP contribution in [0.15, 0.2) is 18.3 Å². The van der Waals surface area contributed by atoms with E-state index in [0.717, 1.165) is 18.4 Å². The molecule has 102 valence electrons. The fraction of sp³-hybridized carbons (Fsp3) is 0.667. The second kappa shape index (κ2) is 9.35. The summed E-state index contributed by atoms with van der Waals surface area (Å²) < 4.78 is 0. The summed E-state index contributed by atoms with van der Waals surface area (Å²) in [4.78, 5) is 3.98. The lowest BCUT2D eigenvalue weighted by Crippen LogP contribution is -1.98. The van der Waals surface area contributed by atoms with Gasteiger partial charge in [-0.2, -0.15) is 0 Å². The zero-order valence-corrected chi connectivity index (χ0v) is 12.0. The summed E-state index contributed by atoms with van der Waals surface area (Å²) in [7, 11) is 0. The minimum Gasteiger partial charge on any atom is -0.388 e. The topological polar surface area (TPSA) is 33.1 Å². The number of hydrogen-bond donors (Lipinski definition) is 1. The van der Waals surface area contributed by atoms with E-state index in [9.17, 15) is 5.11 Å². The number of aromatic nitrogens is 1. The summed E-state index contributed by atoms with van der Waals surface area (Å²) in [6.45, 7) is 2.23. The zero-order valence-electron chi connectivity index (χ0n) is 11.2. The van der Waals surface area contributed by atoms with Gasteiger partial charge in [0, 0.05) is 6.20 Å². The second-order valence-electron chi connectivity index (χ2n) is 4.84. The summed E-state index contributed by atoms with van der Waals surface area (Å²) in [5, 5.41) is 10.4. The third-order valence-corrected chi connectivity index (χ3v) is 3.44. The first-order valence-electron chi connectivity index (χ1n) is 7.03. The summed E-state index contributed by atoms with van der Waals surface area (Å²) in [6, 6.07) is 3.58. The third kappa shape index (κ3) is 6.36. The highest BCUT2D eigenvalue weighted by Crippen LogP contribution is 2.20. The van der Waals surface area contributed by atoms with Crippen LogP contribution in [0.2, 0.25) is 5.15 Å². The van der Waals surface area contributed by atoms with Gasteiger partial charge in [0.2, 0.25) is 0 Å². The lowest BCUT2D eigenvalue weighted by atomic mass is 10.0. The first kappa shape index (κ1) is 15.5. The number of rotatable bonds is 9. The molecule has 0 saturated heterocycles. The average molecular weight is 270 g/mol. The third-order valence-electron chi connectivity index (χ3n) is 3.22. The van der Waals surface area contributed by atoms with Gasteiger partial charge >= 0.3 is 0 Å². The van der Waals surface area contributed by atoms with E-state index < -0.39 is 6.10 Å². The Kier molecular flexibility index (Phi) is 8.03. The molecule has 1 heterocycles. The van der Waals surface area contributed by atoms with Crippen LogP contribution >= 0.6 is 11.6 Å². The maximum absolute atomic E-state index is 9.97. The molecule has 0 aliphatic heterocycles. The van der Waals surface area contributed by atoms with E-state index in [2.05, 4.69) is 11.9 Å². The van der Waals surface area contributed by atoms with Crippen molar-refractivity contribution >= 4 is 11.6 Å². The number of unbranched alkanes of at least 4 members (excludes halogenated alkanes) is 6. The van der Waals surface area contributed by atoms with Crippen LogP contribution in [0.5, 0.6) is 0 Å². The van der Waals surface area contributed by atoms with Crippen molar-refractivity contribution in [3.8, 4) is 0 Å². The van der Waals surface area contributed by atoms with E-state index in [4.69, 9.17) is 11.6 Å². The molecule has 1 aromatic heterocycles. The van der Waals surface area contributed by atoms with E-state index in [0.29, 0.717) is 5.15 Å². The summed E-state index contributed by atoms with van der Waals surface area (Å²) in [6.07, 6.45) is 11.0. The van der Waals surface area contributed by atoms with Gasteiger partial charge in [0.1, 0.15) is 5.15 Å². The van der Waals surface area contributed by atoms with Crippen LogP contribution in [0, 0.1) is 0 Å². The molecule has 1 rings (SSSR count). The van der Waals surface area contributed by atoms with E-state index in [1.807, 2.05) is 6.07 Å². The Morgan fingerprint density at radius 1 is 1.11 bits per heavy atom. The van der Waals surface area contributed by atoms with E-state index in [1.54, 1.807) is 12.3 Å². The molecule has 0 bridgehead atoms. The molecule has 0 amide bonds. The monoisotopic (exact) mass is 269 g/mol. The van der Waals surface area contributed by atoms with Gasteiger partial charge in [-0.15, -0.1) is 0 Å². The molecule has 0 aliphatic rings. The molecule has 0 radical (unpaired) electrons. The molecule has 18 heavy (non-hydrogen) atoms. The lowest BCUT2D eigenvalue weighted by molar-refractivity contribution is 0.163. The first-order chi connectivity index (χ1) is 8.74. The van der Waals surface area contributed by atoms with Crippen LogP contribution in [-0.2, 0) is 0 Å². The van der Waals surface area contributed by atoms with E-state index in [1.165, 1.54) is 38.5 Å². The van der Waals surface area contributed by atoms with Crippen molar-refractivity contribution in [3.63, 3.8) is 0 Å².